The molecule has 26 heavy (non-hydrogen) atoms. The van der Waals surface area contributed by atoms with Crippen LogP contribution in [0.25, 0.3) is 11.0 Å². The highest BCUT2D eigenvalue weighted by Crippen LogP contribution is 2.30. The van der Waals surface area contributed by atoms with Crippen molar-refractivity contribution in [2.45, 2.75) is 19.6 Å². The lowest BCUT2D eigenvalue weighted by Crippen LogP contribution is -2.17. The summed E-state index contributed by atoms with van der Waals surface area (Å²) >= 11 is 7.12. The lowest BCUT2D eigenvalue weighted by atomic mass is 10.3. The maximum atomic E-state index is 12.7. The van der Waals surface area contributed by atoms with Crippen LogP contribution in [0.1, 0.15) is 22.0 Å². The average molecular weight is 404 g/mol. The third kappa shape index (κ3) is 3.53. The monoisotopic (exact) mass is 403 g/mol. The predicted molar refractivity (Wildman–Crippen MR) is 93.5 cm³/mol. The number of alkyl halides is 3. The highest BCUT2D eigenvalue weighted by atomic mass is 35.5. The van der Waals surface area contributed by atoms with Gasteiger partial charge in [-0.1, -0.05) is 17.7 Å². The molecule has 6 nitrogen and oxygen atoms in total. The zero-order valence-electron chi connectivity index (χ0n) is 13.4. The zero-order chi connectivity index (χ0) is 19.1. The van der Waals surface area contributed by atoms with Crippen LogP contribution < -0.4 is 11.3 Å². The van der Waals surface area contributed by atoms with Gasteiger partial charge in [0.2, 0.25) is 0 Å². The summed E-state index contributed by atoms with van der Waals surface area (Å²) in [7, 11) is 0. The van der Waals surface area contributed by atoms with Crippen molar-refractivity contribution < 1.29 is 13.2 Å². The van der Waals surface area contributed by atoms with Crippen molar-refractivity contribution in [3.63, 3.8) is 0 Å². The summed E-state index contributed by atoms with van der Waals surface area (Å²) in [6.45, 7) is 2.02. The van der Waals surface area contributed by atoms with Gasteiger partial charge in [0.15, 0.2) is 10.7 Å². The van der Waals surface area contributed by atoms with Crippen LogP contribution in [-0.2, 0) is 12.7 Å². The molecule has 0 amide bonds. The fourth-order valence-corrected chi connectivity index (χ4v) is 3.57. The Labute approximate surface area is 154 Å². The SMILES string of the molecule is Cc1sc2nc(Cn3nc(C(F)(F)F)cc3Cl)cc(=O)n2c1/C=C\CN. The number of thiazole rings is 1. The third-order valence-corrected chi connectivity index (χ3v) is 4.81. The summed E-state index contributed by atoms with van der Waals surface area (Å²) in [6, 6.07) is 1.99. The second kappa shape index (κ2) is 6.86. The maximum Gasteiger partial charge on any atom is 0.435 e. The Kier molecular flexibility index (Phi) is 4.91. The number of rotatable bonds is 4. The first kappa shape index (κ1) is 18.6. The molecule has 0 fully saturated rings. The molecule has 0 bridgehead atoms. The molecule has 3 aromatic rings. The van der Waals surface area contributed by atoms with E-state index < -0.39 is 11.9 Å². The van der Waals surface area contributed by atoms with Crippen LogP contribution in [0, 0.1) is 6.92 Å². The summed E-state index contributed by atoms with van der Waals surface area (Å²) in [6.07, 6.45) is -1.14. The van der Waals surface area contributed by atoms with Gasteiger partial charge < -0.3 is 5.73 Å². The summed E-state index contributed by atoms with van der Waals surface area (Å²) in [5.41, 5.74) is 4.95. The Morgan fingerprint density at radius 3 is 2.73 bits per heavy atom. The van der Waals surface area contributed by atoms with Gasteiger partial charge in [0, 0.05) is 23.6 Å². The molecule has 3 rings (SSSR count). The molecule has 0 saturated heterocycles. The smallest absolute Gasteiger partial charge is 0.327 e. The van der Waals surface area contributed by atoms with E-state index in [0.717, 1.165) is 15.6 Å². The number of hydrogen-bond donors (Lipinski definition) is 1. The molecular formula is C15H13ClF3N5OS. The van der Waals surface area contributed by atoms with Crippen LogP contribution in [-0.4, -0.2) is 25.7 Å². The first-order chi connectivity index (χ1) is 12.2. The number of aromatic nitrogens is 4. The number of nitrogens with two attached hydrogens (primary N) is 1. The number of halogens is 4. The van der Waals surface area contributed by atoms with Crippen molar-refractivity contribution in [1.29, 1.82) is 0 Å². The minimum absolute atomic E-state index is 0.147. The second-order valence-electron chi connectivity index (χ2n) is 5.39. The summed E-state index contributed by atoms with van der Waals surface area (Å²) in [5.74, 6) is 0. The molecule has 0 saturated carbocycles. The number of hydrogen-bond acceptors (Lipinski definition) is 5. The van der Waals surface area contributed by atoms with E-state index in [-0.39, 0.29) is 23.0 Å². The summed E-state index contributed by atoms with van der Waals surface area (Å²) in [5, 5.41) is 3.25. The third-order valence-electron chi connectivity index (χ3n) is 3.53. The Balaban J connectivity index is 2.02. The van der Waals surface area contributed by atoms with Gasteiger partial charge >= 0.3 is 6.18 Å². The standard InChI is InChI=1S/C15H13ClF3N5OS/c1-8-10(3-2-4-20)24-13(25)5-9(21-14(24)26-8)7-23-12(16)6-11(22-23)15(17,18)19/h2-3,5-6H,4,7,20H2,1H3/b3-2-. The van der Waals surface area contributed by atoms with Crippen LogP contribution in [0.4, 0.5) is 13.2 Å². The van der Waals surface area contributed by atoms with Crippen LogP contribution >= 0.6 is 22.9 Å². The van der Waals surface area contributed by atoms with Crippen LogP contribution in [0.15, 0.2) is 23.0 Å². The highest BCUT2D eigenvalue weighted by Gasteiger charge is 2.34. The van der Waals surface area contributed by atoms with Crippen LogP contribution in [0.5, 0.6) is 0 Å². The molecule has 3 aromatic heterocycles. The topological polar surface area (TPSA) is 78.2 Å². The number of fused-ring (bicyclic) bond motifs is 1. The van der Waals surface area contributed by atoms with Gasteiger partial charge in [0.25, 0.3) is 5.56 Å². The van der Waals surface area contributed by atoms with Gasteiger partial charge in [-0.25, -0.2) is 9.67 Å². The fraction of sp³-hybridized carbons (Fsp3) is 0.267. The van der Waals surface area contributed by atoms with Crippen molar-refractivity contribution in [2.75, 3.05) is 6.54 Å². The molecule has 0 radical (unpaired) electrons. The predicted octanol–water partition coefficient (Wildman–Crippen LogP) is 2.95. The van der Waals surface area contributed by atoms with Crippen molar-refractivity contribution in [2.24, 2.45) is 5.73 Å². The van der Waals surface area contributed by atoms with Gasteiger partial charge in [0.05, 0.1) is 17.9 Å². The molecule has 0 aromatic carbocycles. The normalized spacial score (nSPS) is 12.5. The molecule has 0 aliphatic carbocycles. The summed E-state index contributed by atoms with van der Waals surface area (Å²) in [4.78, 5) is 18.1. The second-order valence-corrected chi connectivity index (χ2v) is 6.96. The first-order valence-electron chi connectivity index (χ1n) is 7.40. The Morgan fingerprint density at radius 1 is 1.38 bits per heavy atom. The van der Waals surface area contributed by atoms with Gasteiger partial charge in [-0.15, -0.1) is 11.3 Å². The molecule has 11 heteroatoms. The molecule has 3 heterocycles. The minimum atomic E-state index is -4.60. The lowest BCUT2D eigenvalue weighted by Gasteiger charge is -2.04. The maximum absolute atomic E-state index is 12.7. The van der Waals surface area contributed by atoms with Crippen molar-refractivity contribution in [1.82, 2.24) is 19.2 Å². The Hall–Kier alpha value is -2.17. The molecule has 2 N–H and O–H groups in total. The van der Waals surface area contributed by atoms with E-state index in [1.807, 2.05) is 6.92 Å². The Bertz CT molecular complexity index is 1050. The van der Waals surface area contributed by atoms with Crippen molar-refractivity contribution in [3.05, 3.63) is 55.7 Å². The van der Waals surface area contributed by atoms with Crippen molar-refractivity contribution in [3.8, 4) is 0 Å². The van der Waals surface area contributed by atoms with E-state index in [0.29, 0.717) is 17.2 Å². The van der Waals surface area contributed by atoms with Gasteiger partial charge in [-0.2, -0.15) is 18.3 Å². The summed E-state index contributed by atoms with van der Waals surface area (Å²) < 4.78 is 40.6. The van der Waals surface area contributed by atoms with E-state index in [1.165, 1.54) is 21.8 Å². The average Bonchev–Trinajstić information content (AvgIpc) is 3.05. The Morgan fingerprint density at radius 2 is 2.12 bits per heavy atom. The zero-order valence-corrected chi connectivity index (χ0v) is 15.0. The molecule has 138 valence electrons. The quantitative estimate of drug-likeness (QED) is 0.726. The van der Waals surface area contributed by atoms with Crippen LogP contribution in [0.3, 0.4) is 0 Å². The van der Waals surface area contributed by atoms with Gasteiger partial charge in [-0.05, 0) is 13.0 Å². The van der Waals surface area contributed by atoms with Gasteiger partial charge in [0.1, 0.15) is 5.15 Å². The van der Waals surface area contributed by atoms with Crippen molar-refractivity contribution >= 4 is 34.0 Å². The molecular weight excluding hydrogens is 391 g/mol. The lowest BCUT2D eigenvalue weighted by molar-refractivity contribution is -0.141. The molecule has 0 atom stereocenters. The molecule has 0 aliphatic heterocycles. The van der Waals surface area contributed by atoms with E-state index in [9.17, 15) is 18.0 Å². The van der Waals surface area contributed by atoms with E-state index >= 15 is 0 Å². The largest absolute Gasteiger partial charge is 0.435 e. The first-order valence-corrected chi connectivity index (χ1v) is 8.59. The fourth-order valence-electron chi connectivity index (χ4n) is 2.39. The minimum Gasteiger partial charge on any atom is -0.327 e. The van der Waals surface area contributed by atoms with E-state index in [2.05, 4.69) is 10.1 Å². The number of nitrogens with zero attached hydrogens (tertiary/aromatic N) is 4. The van der Waals surface area contributed by atoms with E-state index in [1.54, 1.807) is 12.2 Å². The molecule has 0 unspecified atom stereocenters. The van der Waals surface area contributed by atoms with E-state index in [4.69, 9.17) is 17.3 Å². The number of aryl methyl sites for hydroxylation is 1. The highest BCUT2D eigenvalue weighted by molar-refractivity contribution is 7.17. The van der Waals surface area contributed by atoms with Gasteiger partial charge in [-0.3, -0.25) is 9.20 Å². The molecule has 0 aliphatic rings. The molecule has 0 spiro atoms. The van der Waals surface area contributed by atoms with Crippen LogP contribution in [0.2, 0.25) is 5.15 Å².